The maximum atomic E-state index is 4.60. The van der Waals surface area contributed by atoms with Crippen molar-refractivity contribution in [3.8, 4) is 16.9 Å². The van der Waals surface area contributed by atoms with E-state index in [4.69, 9.17) is 0 Å². The van der Waals surface area contributed by atoms with Gasteiger partial charge in [-0.25, -0.2) is 9.97 Å². The van der Waals surface area contributed by atoms with E-state index in [1.165, 1.54) is 44.1 Å². The molecule has 134 valence electrons. The van der Waals surface area contributed by atoms with Crippen LogP contribution in [0.2, 0.25) is 0 Å². The van der Waals surface area contributed by atoms with Crippen LogP contribution in [0.1, 0.15) is 25.0 Å². The van der Waals surface area contributed by atoms with Crippen LogP contribution in [-0.2, 0) is 5.41 Å². The molecule has 2 heterocycles. The molecule has 5 aromatic rings. The van der Waals surface area contributed by atoms with Crippen LogP contribution in [0.3, 0.4) is 0 Å². The first kappa shape index (κ1) is 15.6. The Hall–Kier alpha value is -3.46. The zero-order chi connectivity index (χ0) is 18.9. The Kier molecular flexibility index (Phi) is 2.95. The molecule has 1 aliphatic rings. The second-order valence-electron chi connectivity index (χ2n) is 7.98. The zero-order valence-electron chi connectivity index (χ0n) is 15.8. The van der Waals surface area contributed by atoms with Gasteiger partial charge < -0.3 is 0 Å². The Morgan fingerprint density at radius 1 is 0.786 bits per heavy atom. The number of rotatable bonds is 1. The highest BCUT2D eigenvalue weighted by Gasteiger charge is 2.38. The molecular weight excluding hydrogens is 342 g/mol. The Morgan fingerprint density at radius 2 is 1.61 bits per heavy atom. The molecule has 0 atom stereocenters. The highest BCUT2D eigenvalue weighted by molar-refractivity contribution is 6.12. The van der Waals surface area contributed by atoms with E-state index < -0.39 is 0 Å². The maximum absolute atomic E-state index is 4.60. The van der Waals surface area contributed by atoms with Crippen molar-refractivity contribution < 1.29 is 0 Å². The quantitative estimate of drug-likeness (QED) is 0.373. The predicted molar refractivity (Wildman–Crippen MR) is 114 cm³/mol. The van der Waals surface area contributed by atoms with Crippen molar-refractivity contribution in [2.24, 2.45) is 0 Å². The van der Waals surface area contributed by atoms with Crippen LogP contribution in [0.4, 0.5) is 0 Å². The number of nitrogens with zero attached hydrogens (tertiary/aromatic N) is 3. The average Bonchev–Trinajstić information content (AvgIpc) is 3.19. The standard InChI is InChI=1S/C25H19N3/c1-25(2)20-9-5-3-7-16(20)18-11-12-19-17-8-4-6-10-21(17)28(24(19)23(18)25)22-13-14-26-15-27-22/h3-15H,1-2H3. The van der Waals surface area contributed by atoms with E-state index in [1.54, 1.807) is 6.33 Å². The summed E-state index contributed by atoms with van der Waals surface area (Å²) < 4.78 is 2.30. The molecule has 0 radical (unpaired) electrons. The Bertz CT molecular complexity index is 1380. The fraction of sp³-hybridized carbons (Fsp3) is 0.120. The summed E-state index contributed by atoms with van der Waals surface area (Å²) in [5.41, 5.74) is 7.77. The van der Waals surface area contributed by atoms with Crippen LogP contribution < -0.4 is 0 Å². The molecule has 0 saturated carbocycles. The lowest BCUT2D eigenvalue weighted by molar-refractivity contribution is 0.663. The van der Waals surface area contributed by atoms with Gasteiger partial charge in [0.2, 0.25) is 0 Å². The predicted octanol–water partition coefficient (Wildman–Crippen LogP) is 5.88. The molecule has 0 saturated heterocycles. The minimum absolute atomic E-state index is 0.0788. The third kappa shape index (κ3) is 1.83. The number of hydrogen-bond acceptors (Lipinski definition) is 2. The van der Waals surface area contributed by atoms with Gasteiger partial charge in [0.25, 0.3) is 0 Å². The molecule has 0 unspecified atom stereocenters. The molecule has 0 amide bonds. The van der Waals surface area contributed by atoms with Crippen molar-refractivity contribution in [3.05, 3.63) is 90.4 Å². The highest BCUT2D eigenvalue weighted by atomic mass is 15.1. The third-order valence-corrected chi connectivity index (χ3v) is 6.15. The molecule has 0 bridgehead atoms. The maximum Gasteiger partial charge on any atom is 0.140 e. The van der Waals surface area contributed by atoms with Gasteiger partial charge in [0, 0.05) is 22.4 Å². The fourth-order valence-electron chi connectivity index (χ4n) is 4.97. The van der Waals surface area contributed by atoms with Gasteiger partial charge in [-0.05, 0) is 34.4 Å². The summed E-state index contributed by atoms with van der Waals surface area (Å²) in [6.45, 7) is 4.66. The summed E-state index contributed by atoms with van der Waals surface area (Å²) in [7, 11) is 0. The topological polar surface area (TPSA) is 30.7 Å². The SMILES string of the molecule is CC1(C)c2ccccc2-c2ccc3c4ccccc4n(-c4ccncn4)c3c21. The second-order valence-corrected chi connectivity index (χ2v) is 7.98. The molecule has 6 rings (SSSR count). The van der Waals surface area contributed by atoms with Crippen molar-refractivity contribution in [3.63, 3.8) is 0 Å². The van der Waals surface area contributed by atoms with Gasteiger partial charge in [-0.1, -0.05) is 68.4 Å². The number of para-hydroxylation sites is 1. The van der Waals surface area contributed by atoms with E-state index in [2.05, 4.69) is 89.0 Å². The number of benzene rings is 3. The summed E-state index contributed by atoms with van der Waals surface area (Å²) in [4.78, 5) is 8.72. The summed E-state index contributed by atoms with van der Waals surface area (Å²) in [5, 5.41) is 2.53. The van der Waals surface area contributed by atoms with E-state index in [-0.39, 0.29) is 5.41 Å². The number of hydrogen-bond donors (Lipinski definition) is 0. The molecule has 0 fully saturated rings. The molecule has 0 aliphatic heterocycles. The number of aromatic nitrogens is 3. The largest absolute Gasteiger partial charge is 0.293 e. The lowest BCUT2D eigenvalue weighted by atomic mass is 9.81. The number of fused-ring (bicyclic) bond motifs is 7. The van der Waals surface area contributed by atoms with Crippen LogP contribution in [0.25, 0.3) is 38.8 Å². The van der Waals surface area contributed by atoms with E-state index in [9.17, 15) is 0 Å². The normalized spacial score (nSPS) is 14.4. The first-order chi connectivity index (χ1) is 13.7. The Balaban J connectivity index is 1.86. The van der Waals surface area contributed by atoms with Crippen LogP contribution in [0, 0.1) is 0 Å². The Morgan fingerprint density at radius 3 is 2.46 bits per heavy atom. The van der Waals surface area contributed by atoms with Gasteiger partial charge in [-0.3, -0.25) is 4.57 Å². The van der Waals surface area contributed by atoms with Crippen LogP contribution in [0.15, 0.2) is 79.3 Å². The van der Waals surface area contributed by atoms with Gasteiger partial charge in [-0.15, -0.1) is 0 Å². The highest BCUT2D eigenvalue weighted by Crippen LogP contribution is 2.52. The first-order valence-corrected chi connectivity index (χ1v) is 9.61. The molecule has 0 spiro atoms. The average molecular weight is 361 g/mol. The van der Waals surface area contributed by atoms with Gasteiger partial charge in [0.05, 0.1) is 11.0 Å². The minimum atomic E-state index is -0.0788. The van der Waals surface area contributed by atoms with Crippen LogP contribution in [-0.4, -0.2) is 14.5 Å². The van der Waals surface area contributed by atoms with Crippen molar-refractivity contribution in [2.75, 3.05) is 0 Å². The second kappa shape index (κ2) is 5.29. The molecule has 2 aromatic heterocycles. The molecule has 3 heteroatoms. The lowest BCUT2D eigenvalue weighted by Gasteiger charge is -2.23. The molecular formula is C25H19N3. The molecule has 28 heavy (non-hydrogen) atoms. The minimum Gasteiger partial charge on any atom is -0.293 e. The summed E-state index contributed by atoms with van der Waals surface area (Å²) in [6, 6.07) is 23.9. The van der Waals surface area contributed by atoms with Crippen molar-refractivity contribution in [2.45, 2.75) is 19.3 Å². The summed E-state index contributed by atoms with van der Waals surface area (Å²) in [6.07, 6.45) is 3.44. The van der Waals surface area contributed by atoms with Gasteiger partial charge >= 0.3 is 0 Å². The van der Waals surface area contributed by atoms with Crippen molar-refractivity contribution in [1.82, 2.24) is 14.5 Å². The monoisotopic (exact) mass is 361 g/mol. The molecule has 1 aliphatic carbocycles. The van der Waals surface area contributed by atoms with Crippen molar-refractivity contribution in [1.29, 1.82) is 0 Å². The Labute approximate surface area is 163 Å². The van der Waals surface area contributed by atoms with Crippen LogP contribution in [0.5, 0.6) is 0 Å². The molecule has 3 aromatic carbocycles. The van der Waals surface area contributed by atoms with E-state index in [0.29, 0.717) is 0 Å². The molecule has 3 nitrogen and oxygen atoms in total. The summed E-state index contributed by atoms with van der Waals surface area (Å²) >= 11 is 0. The lowest BCUT2D eigenvalue weighted by Crippen LogP contribution is -2.16. The van der Waals surface area contributed by atoms with E-state index >= 15 is 0 Å². The van der Waals surface area contributed by atoms with E-state index in [0.717, 1.165) is 5.82 Å². The van der Waals surface area contributed by atoms with Gasteiger partial charge in [0.1, 0.15) is 12.1 Å². The third-order valence-electron chi connectivity index (χ3n) is 6.15. The fourth-order valence-corrected chi connectivity index (χ4v) is 4.97. The van der Waals surface area contributed by atoms with Gasteiger partial charge in [-0.2, -0.15) is 0 Å². The zero-order valence-corrected chi connectivity index (χ0v) is 15.8. The smallest absolute Gasteiger partial charge is 0.140 e. The first-order valence-electron chi connectivity index (χ1n) is 9.61. The van der Waals surface area contributed by atoms with Gasteiger partial charge in [0.15, 0.2) is 0 Å². The van der Waals surface area contributed by atoms with E-state index in [1.807, 2.05) is 12.3 Å². The molecule has 0 N–H and O–H groups in total. The van der Waals surface area contributed by atoms with Crippen molar-refractivity contribution >= 4 is 21.8 Å². The summed E-state index contributed by atoms with van der Waals surface area (Å²) in [5.74, 6) is 0.904. The van der Waals surface area contributed by atoms with Crippen LogP contribution >= 0.6 is 0 Å².